The number of nitrogens with one attached hydrogen (secondary N) is 2. The molecule has 0 bridgehead atoms. The van der Waals surface area contributed by atoms with Crippen LogP contribution in [0.5, 0.6) is 0 Å². The first kappa shape index (κ1) is 28.1. The number of nitrogens with zero attached hydrogens (tertiary/aromatic N) is 2. The van der Waals surface area contributed by atoms with Gasteiger partial charge in [-0.2, -0.15) is 0 Å². The predicted molar refractivity (Wildman–Crippen MR) is 146 cm³/mol. The monoisotopic (exact) mass is 574 g/mol. The summed E-state index contributed by atoms with van der Waals surface area (Å²) < 4.78 is 52.5. The second-order valence-electron chi connectivity index (χ2n) is 10.0. The molecule has 2 amide bonds. The van der Waals surface area contributed by atoms with Gasteiger partial charge in [-0.3, -0.25) is 9.59 Å². The highest BCUT2D eigenvalue weighted by Gasteiger charge is 2.46. The van der Waals surface area contributed by atoms with Gasteiger partial charge in [0.15, 0.2) is 5.13 Å². The Hall–Kier alpha value is -3.48. The summed E-state index contributed by atoms with van der Waals surface area (Å²) in [5.74, 6) is -1.21. The van der Waals surface area contributed by atoms with Crippen LogP contribution in [0, 0.1) is 0 Å². The number of hydrogen-bond acceptors (Lipinski definition) is 7. The molecular formula is C28H29F3N4O4S. The number of morpholine rings is 1. The number of rotatable bonds is 7. The lowest BCUT2D eigenvalue weighted by Crippen LogP contribution is -2.45. The molecule has 3 atom stereocenters. The van der Waals surface area contributed by atoms with Crippen LogP contribution in [0.1, 0.15) is 35.3 Å². The summed E-state index contributed by atoms with van der Waals surface area (Å²) in [6.45, 7) is 4.48. The van der Waals surface area contributed by atoms with Crippen LogP contribution >= 0.6 is 11.3 Å². The first-order chi connectivity index (χ1) is 19.1. The van der Waals surface area contributed by atoms with Crippen molar-refractivity contribution in [1.82, 2.24) is 10.3 Å². The molecule has 0 unspecified atom stereocenters. The zero-order chi connectivity index (χ0) is 28.4. The minimum absolute atomic E-state index is 0.0241. The zero-order valence-electron chi connectivity index (χ0n) is 22.0. The van der Waals surface area contributed by atoms with Gasteiger partial charge in [0.1, 0.15) is 0 Å². The lowest BCUT2D eigenvalue weighted by molar-refractivity contribution is -0.115. The molecule has 212 valence electrons. The molecule has 1 aromatic heterocycles. The Bertz CT molecular complexity index is 1390. The molecule has 8 nitrogen and oxygen atoms in total. The minimum atomic E-state index is -3.31. The molecule has 1 saturated heterocycles. The third-order valence-corrected chi connectivity index (χ3v) is 7.58. The molecule has 0 saturated carbocycles. The zero-order valence-corrected chi connectivity index (χ0v) is 22.8. The Morgan fingerprint density at radius 3 is 2.70 bits per heavy atom. The Morgan fingerprint density at radius 2 is 1.95 bits per heavy atom. The van der Waals surface area contributed by atoms with Gasteiger partial charge in [-0.15, -0.1) is 11.3 Å². The molecule has 0 aliphatic carbocycles. The molecule has 2 N–H and O–H groups in total. The SMILES string of the molecule is C[C@@H]1CN(c2cccc(-c3csc(NC(=O)CNC(=O)c4ccc5c(c4)[C@](F)(C(F)F)COC5)n3)c2)C[C@H](C)O1. The van der Waals surface area contributed by atoms with Crippen molar-refractivity contribution in [3.05, 3.63) is 64.5 Å². The number of alkyl halides is 3. The number of aromatic nitrogens is 1. The molecule has 3 heterocycles. The normalized spacial score (nSPS) is 22.6. The van der Waals surface area contributed by atoms with Crippen molar-refractivity contribution in [3.63, 3.8) is 0 Å². The van der Waals surface area contributed by atoms with E-state index in [0.717, 1.165) is 30.4 Å². The van der Waals surface area contributed by atoms with Crippen molar-refractivity contribution in [2.24, 2.45) is 0 Å². The van der Waals surface area contributed by atoms with Crippen molar-refractivity contribution >= 4 is 34.0 Å². The number of benzene rings is 2. The van der Waals surface area contributed by atoms with Crippen LogP contribution in [0.4, 0.5) is 24.0 Å². The smallest absolute Gasteiger partial charge is 0.278 e. The maximum absolute atomic E-state index is 14.9. The first-order valence-electron chi connectivity index (χ1n) is 12.8. The number of hydrogen-bond donors (Lipinski definition) is 2. The number of carbonyl (C=O) groups excluding carboxylic acids is 2. The van der Waals surface area contributed by atoms with Crippen LogP contribution in [0.2, 0.25) is 0 Å². The maximum atomic E-state index is 14.9. The molecule has 5 rings (SSSR count). The predicted octanol–water partition coefficient (Wildman–Crippen LogP) is 4.75. The standard InChI is InChI=1S/C28H29F3N4O4S/c1-16-11-35(12-17(2)39-16)21-5-3-4-18(8-21)23-14-40-27(33-23)34-24(36)10-32-25(37)19-6-7-20-13-38-15-28(31,26(29)30)22(20)9-19/h3-9,14,16-17,26H,10-13,15H2,1-2H3,(H,32,37)(H,33,34,36)/t16-,17+,28-/m0/s1. The minimum Gasteiger partial charge on any atom is -0.373 e. The molecule has 2 aromatic carbocycles. The van der Waals surface area contributed by atoms with E-state index in [1.165, 1.54) is 23.5 Å². The summed E-state index contributed by atoms with van der Waals surface area (Å²) in [7, 11) is 0. The van der Waals surface area contributed by atoms with Crippen LogP contribution in [-0.2, 0) is 26.5 Å². The number of carbonyl (C=O) groups is 2. The number of halogens is 3. The summed E-state index contributed by atoms with van der Waals surface area (Å²) in [5, 5.41) is 7.29. The summed E-state index contributed by atoms with van der Waals surface area (Å²) in [4.78, 5) is 31.9. The van der Waals surface area contributed by atoms with Crippen LogP contribution in [0.3, 0.4) is 0 Å². The summed E-state index contributed by atoms with van der Waals surface area (Å²) >= 11 is 1.25. The highest BCUT2D eigenvalue weighted by atomic mass is 32.1. The van der Waals surface area contributed by atoms with E-state index in [9.17, 15) is 22.8 Å². The summed E-state index contributed by atoms with van der Waals surface area (Å²) in [5.41, 5.74) is -0.384. The second-order valence-corrected chi connectivity index (χ2v) is 10.9. The molecule has 3 aromatic rings. The van der Waals surface area contributed by atoms with Crippen molar-refractivity contribution < 1.29 is 32.2 Å². The van der Waals surface area contributed by atoms with E-state index in [1.54, 1.807) is 0 Å². The molecular weight excluding hydrogens is 545 g/mol. The van der Waals surface area contributed by atoms with E-state index in [4.69, 9.17) is 9.47 Å². The van der Waals surface area contributed by atoms with Crippen LogP contribution < -0.4 is 15.5 Å². The van der Waals surface area contributed by atoms with Gasteiger partial charge < -0.3 is 25.0 Å². The second kappa shape index (κ2) is 11.6. The molecule has 0 radical (unpaired) electrons. The third-order valence-electron chi connectivity index (χ3n) is 6.82. The van der Waals surface area contributed by atoms with Crippen molar-refractivity contribution in [2.75, 3.05) is 36.5 Å². The highest BCUT2D eigenvalue weighted by molar-refractivity contribution is 7.14. The fraction of sp³-hybridized carbons (Fsp3) is 0.393. The Morgan fingerprint density at radius 1 is 1.18 bits per heavy atom. The van der Waals surface area contributed by atoms with Crippen LogP contribution in [0.25, 0.3) is 11.3 Å². The van der Waals surface area contributed by atoms with Crippen molar-refractivity contribution in [1.29, 1.82) is 0 Å². The van der Waals surface area contributed by atoms with Gasteiger partial charge in [0.05, 0.1) is 37.7 Å². The first-order valence-corrected chi connectivity index (χ1v) is 13.7. The maximum Gasteiger partial charge on any atom is 0.278 e. The summed E-state index contributed by atoms with van der Waals surface area (Å²) in [6, 6.07) is 11.9. The van der Waals surface area contributed by atoms with E-state index in [-0.39, 0.29) is 42.0 Å². The number of anilines is 2. The topological polar surface area (TPSA) is 92.8 Å². The molecule has 1 fully saturated rings. The van der Waals surface area contributed by atoms with E-state index in [2.05, 4.69) is 40.4 Å². The van der Waals surface area contributed by atoms with Gasteiger partial charge in [0.2, 0.25) is 11.6 Å². The lowest BCUT2D eigenvalue weighted by Gasteiger charge is -2.37. The number of amides is 2. The van der Waals surface area contributed by atoms with Gasteiger partial charge in [0.25, 0.3) is 12.3 Å². The average molecular weight is 575 g/mol. The van der Waals surface area contributed by atoms with Gasteiger partial charge in [0, 0.05) is 40.8 Å². The van der Waals surface area contributed by atoms with E-state index in [1.807, 2.05) is 23.6 Å². The van der Waals surface area contributed by atoms with E-state index >= 15 is 0 Å². The molecule has 2 aliphatic rings. The van der Waals surface area contributed by atoms with Gasteiger partial charge in [-0.1, -0.05) is 18.2 Å². The fourth-order valence-corrected chi connectivity index (χ4v) is 5.67. The molecule has 0 spiro atoms. The summed E-state index contributed by atoms with van der Waals surface area (Å²) in [6.07, 6.45) is -3.05. The quantitative estimate of drug-likeness (QED) is 0.423. The number of ether oxygens (including phenoxy) is 2. The van der Waals surface area contributed by atoms with Gasteiger partial charge in [-0.25, -0.2) is 18.2 Å². The Kier molecular flexibility index (Phi) is 8.11. The third kappa shape index (κ3) is 5.98. The van der Waals surface area contributed by atoms with Crippen LogP contribution in [0.15, 0.2) is 47.8 Å². The Balaban J connectivity index is 1.19. The van der Waals surface area contributed by atoms with Gasteiger partial charge in [-0.05, 0) is 43.7 Å². The van der Waals surface area contributed by atoms with E-state index < -0.39 is 30.5 Å². The molecule has 40 heavy (non-hydrogen) atoms. The van der Waals surface area contributed by atoms with Gasteiger partial charge >= 0.3 is 0 Å². The largest absolute Gasteiger partial charge is 0.373 e. The van der Waals surface area contributed by atoms with E-state index in [0.29, 0.717) is 10.8 Å². The molecule has 2 aliphatic heterocycles. The average Bonchev–Trinajstić information content (AvgIpc) is 3.39. The fourth-order valence-electron chi connectivity index (χ4n) is 4.94. The van der Waals surface area contributed by atoms with Crippen molar-refractivity contribution in [2.45, 2.75) is 44.8 Å². The number of fused-ring (bicyclic) bond motifs is 1. The molecule has 12 heteroatoms. The number of thiazole rings is 1. The van der Waals surface area contributed by atoms with Crippen molar-refractivity contribution in [3.8, 4) is 11.3 Å². The van der Waals surface area contributed by atoms with Crippen LogP contribution in [-0.4, -0.2) is 61.7 Å². The lowest BCUT2D eigenvalue weighted by atomic mass is 9.89. The highest BCUT2D eigenvalue weighted by Crippen LogP contribution is 2.39. The Labute approximate surface area is 233 Å².